The molecule has 1 aromatic carbocycles. The van der Waals surface area contributed by atoms with E-state index in [1.807, 2.05) is 0 Å². The van der Waals surface area contributed by atoms with E-state index >= 15 is 0 Å². The average molecular weight is 262 g/mol. The van der Waals surface area contributed by atoms with Gasteiger partial charge in [-0.15, -0.1) is 0 Å². The molecular formula is C17H30N2. The van der Waals surface area contributed by atoms with E-state index in [0.29, 0.717) is 6.04 Å². The third-order valence-corrected chi connectivity index (χ3v) is 4.39. The van der Waals surface area contributed by atoms with Gasteiger partial charge in [0.15, 0.2) is 0 Å². The highest BCUT2D eigenvalue weighted by atomic mass is 15.2. The van der Waals surface area contributed by atoms with Crippen LogP contribution in [-0.2, 0) is 6.42 Å². The fourth-order valence-electron chi connectivity index (χ4n) is 2.87. The summed E-state index contributed by atoms with van der Waals surface area (Å²) in [4.78, 5) is 2.57. The van der Waals surface area contributed by atoms with E-state index in [1.54, 1.807) is 0 Å². The van der Waals surface area contributed by atoms with Gasteiger partial charge in [-0.1, -0.05) is 44.2 Å². The van der Waals surface area contributed by atoms with Gasteiger partial charge in [0.25, 0.3) is 0 Å². The van der Waals surface area contributed by atoms with Crippen LogP contribution in [0.4, 0.5) is 0 Å². The molecule has 2 atom stereocenters. The highest BCUT2D eigenvalue weighted by Gasteiger charge is 2.31. The number of nitrogens with two attached hydrogens (primary N) is 1. The molecule has 0 aromatic heterocycles. The molecule has 2 N–H and O–H groups in total. The topological polar surface area (TPSA) is 29.3 Å². The summed E-state index contributed by atoms with van der Waals surface area (Å²) >= 11 is 0. The minimum atomic E-state index is 0.0972. The van der Waals surface area contributed by atoms with Crippen LogP contribution in [0, 0.1) is 0 Å². The summed E-state index contributed by atoms with van der Waals surface area (Å²) in [5.74, 6) is 0. The van der Waals surface area contributed by atoms with Gasteiger partial charge in [-0.3, -0.25) is 4.90 Å². The Morgan fingerprint density at radius 2 is 1.84 bits per heavy atom. The summed E-state index contributed by atoms with van der Waals surface area (Å²) in [5, 5.41) is 0. The average Bonchev–Trinajstić information content (AvgIpc) is 2.46. The van der Waals surface area contributed by atoms with Crippen LogP contribution in [0.15, 0.2) is 30.3 Å². The summed E-state index contributed by atoms with van der Waals surface area (Å²) in [6, 6.07) is 11.3. The second kappa shape index (κ2) is 7.66. The van der Waals surface area contributed by atoms with Gasteiger partial charge >= 0.3 is 0 Å². The molecule has 0 amide bonds. The molecule has 0 bridgehead atoms. The molecule has 0 heterocycles. The second-order valence-corrected chi connectivity index (χ2v) is 5.73. The van der Waals surface area contributed by atoms with Crippen molar-refractivity contribution < 1.29 is 0 Å². The van der Waals surface area contributed by atoms with Crippen LogP contribution in [0.2, 0.25) is 0 Å². The molecule has 0 fully saturated rings. The van der Waals surface area contributed by atoms with Crippen molar-refractivity contribution in [2.75, 3.05) is 13.1 Å². The lowest BCUT2D eigenvalue weighted by atomic mass is 9.89. The highest BCUT2D eigenvalue weighted by molar-refractivity contribution is 5.15. The third-order valence-electron chi connectivity index (χ3n) is 4.39. The molecule has 0 radical (unpaired) electrons. The van der Waals surface area contributed by atoms with Crippen LogP contribution in [0.1, 0.15) is 46.1 Å². The van der Waals surface area contributed by atoms with E-state index in [-0.39, 0.29) is 5.54 Å². The van der Waals surface area contributed by atoms with E-state index < -0.39 is 0 Å². The maximum atomic E-state index is 6.10. The second-order valence-electron chi connectivity index (χ2n) is 5.73. The minimum absolute atomic E-state index is 0.0972. The smallest absolute Gasteiger partial charge is 0.0309 e. The first-order valence-electron chi connectivity index (χ1n) is 7.58. The SMILES string of the molecule is CCC(C)N(CC)C(C)(CN)CCc1ccccc1. The minimum Gasteiger partial charge on any atom is -0.329 e. The van der Waals surface area contributed by atoms with E-state index in [2.05, 4.69) is 62.9 Å². The Hall–Kier alpha value is -0.860. The Morgan fingerprint density at radius 3 is 2.32 bits per heavy atom. The van der Waals surface area contributed by atoms with Crippen molar-refractivity contribution in [3.8, 4) is 0 Å². The van der Waals surface area contributed by atoms with Crippen molar-refractivity contribution in [2.45, 2.75) is 58.5 Å². The predicted molar refractivity (Wildman–Crippen MR) is 84.4 cm³/mol. The summed E-state index contributed by atoms with van der Waals surface area (Å²) in [5.41, 5.74) is 7.60. The van der Waals surface area contributed by atoms with Crippen molar-refractivity contribution in [3.05, 3.63) is 35.9 Å². The summed E-state index contributed by atoms with van der Waals surface area (Å²) in [7, 11) is 0. The summed E-state index contributed by atoms with van der Waals surface area (Å²) in [6.45, 7) is 10.9. The van der Waals surface area contributed by atoms with E-state index in [9.17, 15) is 0 Å². The van der Waals surface area contributed by atoms with E-state index in [0.717, 1.165) is 25.9 Å². The Kier molecular flexibility index (Phi) is 6.53. The van der Waals surface area contributed by atoms with E-state index in [4.69, 9.17) is 5.73 Å². The molecule has 108 valence electrons. The lowest BCUT2D eigenvalue weighted by Gasteiger charge is -2.44. The molecule has 0 aliphatic rings. The molecule has 0 saturated carbocycles. The van der Waals surface area contributed by atoms with Crippen LogP contribution < -0.4 is 5.73 Å². The summed E-state index contributed by atoms with van der Waals surface area (Å²) in [6.07, 6.45) is 3.39. The van der Waals surface area contributed by atoms with Gasteiger partial charge in [0.05, 0.1) is 0 Å². The number of benzene rings is 1. The fraction of sp³-hybridized carbons (Fsp3) is 0.647. The zero-order valence-corrected chi connectivity index (χ0v) is 13.0. The maximum absolute atomic E-state index is 6.10. The van der Waals surface area contributed by atoms with Crippen LogP contribution in [0.25, 0.3) is 0 Å². The lowest BCUT2D eigenvalue weighted by Crippen LogP contribution is -2.55. The van der Waals surface area contributed by atoms with Crippen molar-refractivity contribution >= 4 is 0 Å². The number of likely N-dealkylation sites (N-methyl/N-ethyl adjacent to an activating group) is 1. The van der Waals surface area contributed by atoms with Gasteiger partial charge in [0.1, 0.15) is 0 Å². The monoisotopic (exact) mass is 262 g/mol. The predicted octanol–water partition coefficient (Wildman–Crippen LogP) is 3.46. The molecule has 1 rings (SSSR count). The molecule has 2 nitrogen and oxygen atoms in total. The van der Waals surface area contributed by atoms with Crippen molar-refractivity contribution in [2.24, 2.45) is 5.73 Å². The quantitative estimate of drug-likeness (QED) is 0.777. The fourth-order valence-corrected chi connectivity index (χ4v) is 2.87. The maximum Gasteiger partial charge on any atom is 0.0309 e. The first-order chi connectivity index (χ1) is 9.07. The van der Waals surface area contributed by atoms with Gasteiger partial charge < -0.3 is 5.73 Å². The number of aryl methyl sites for hydroxylation is 1. The Bertz CT molecular complexity index is 350. The number of hydrogen-bond acceptors (Lipinski definition) is 2. The molecule has 2 unspecified atom stereocenters. The normalized spacial score (nSPS) is 16.3. The highest BCUT2D eigenvalue weighted by Crippen LogP contribution is 2.24. The molecule has 2 heteroatoms. The standard InChI is InChI=1S/C17H30N2/c1-5-15(3)19(6-2)17(4,14-18)13-12-16-10-8-7-9-11-16/h7-11,15H,5-6,12-14,18H2,1-4H3. The van der Waals surface area contributed by atoms with Gasteiger partial charge in [0.2, 0.25) is 0 Å². The first kappa shape index (κ1) is 16.2. The number of nitrogens with zero attached hydrogens (tertiary/aromatic N) is 1. The molecular weight excluding hydrogens is 232 g/mol. The van der Waals surface area contributed by atoms with Crippen molar-refractivity contribution in [1.29, 1.82) is 0 Å². The molecule has 0 aliphatic carbocycles. The summed E-state index contributed by atoms with van der Waals surface area (Å²) < 4.78 is 0. The molecule has 0 spiro atoms. The molecule has 0 saturated heterocycles. The zero-order valence-electron chi connectivity index (χ0n) is 13.0. The Balaban J connectivity index is 2.73. The van der Waals surface area contributed by atoms with Gasteiger partial charge in [-0.25, -0.2) is 0 Å². The molecule has 1 aromatic rings. The van der Waals surface area contributed by atoms with Crippen molar-refractivity contribution in [3.63, 3.8) is 0 Å². The van der Waals surface area contributed by atoms with Crippen LogP contribution in [0.3, 0.4) is 0 Å². The molecule has 0 aliphatic heterocycles. The van der Waals surface area contributed by atoms with Crippen LogP contribution >= 0.6 is 0 Å². The largest absolute Gasteiger partial charge is 0.329 e. The Morgan fingerprint density at radius 1 is 1.21 bits per heavy atom. The van der Waals surface area contributed by atoms with Crippen LogP contribution in [-0.4, -0.2) is 29.6 Å². The zero-order chi connectivity index (χ0) is 14.3. The van der Waals surface area contributed by atoms with Gasteiger partial charge in [0, 0.05) is 18.1 Å². The first-order valence-corrected chi connectivity index (χ1v) is 7.58. The lowest BCUT2D eigenvalue weighted by molar-refractivity contribution is 0.0653. The van der Waals surface area contributed by atoms with Crippen molar-refractivity contribution in [1.82, 2.24) is 4.90 Å². The van der Waals surface area contributed by atoms with Gasteiger partial charge in [-0.2, -0.15) is 0 Å². The number of rotatable bonds is 8. The number of hydrogen-bond donors (Lipinski definition) is 1. The van der Waals surface area contributed by atoms with Crippen LogP contribution in [0.5, 0.6) is 0 Å². The third kappa shape index (κ3) is 4.32. The molecule has 19 heavy (non-hydrogen) atoms. The van der Waals surface area contributed by atoms with Gasteiger partial charge in [-0.05, 0) is 45.2 Å². The Labute approximate surface area is 119 Å². The van der Waals surface area contributed by atoms with E-state index in [1.165, 1.54) is 12.0 Å².